The van der Waals surface area contributed by atoms with Crippen LogP contribution in [-0.4, -0.2) is 28.6 Å². The minimum absolute atomic E-state index is 0.196. The Morgan fingerprint density at radius 2 is 1.78 bits per heavy atom. The number of rotatable bonds is 5. The molecule has 0 aliphatic carbocycles. The van der Waals surface area contributed by atoms with Crippen LogP contribution in [0.3, 0.4) is 0 Å². The number of aromatic hydroxyl groups is 1. The topological polar surface area (TPSA) is 36.4 Å². The Balaban J connectivity index is 0.000000816. The molecule has 0 unspecified atom stereocenters. The first kappa shape index (κ1) is 20.4. The Labute approximate surface area is 156 Å². The molecule has 0 saturated carbocycles. The molecule has 0 radical (unpaired) electrons. The molecule has 2 rings (SSSR count). The first-order valence-electron chi connectivity index (χ1n) is 8.09. The maximum absolute atomic E-state index is 10.1. The molecule has 3 nitrogen and oxygen atoms in total. The van der Waals surface area contributed by atoms with E-state index in [0.717, 1.165) is 28.6 Å². The highest BCUT2D eigenvalue weighted by atomic mass is 79.9. The van der Waals surface area contributed by atoms with E-state index in [9.17, 15) is 5.11 Å². The second-order valence-electron chi connectivity index (χ2n) is 5.69. The van der Waals surface area contributed by atoms with Crippen molar-refractivity contribution in [1.82, 2.24) is 9.88 Å². The lowest BCUT2D eigenvalue weighted by Crippen LogP contribution is -2.19. The fourth-order valence-corrected chi connectivity index (χ4v) is 3.39. The standard InChI is InChI=1S/C15H18Br2N2O.C3H8/c1-3-4-7-19(2)9-10-5-6-11-12(16)8-13(17)15(20)14(11)18-10;1-3-2/h5-6,8,20H,3-4,7,9H2,1-2H3;3H2,1-2H3. The van der Waals surface area contributed by atoms with Gasteiger partial charge in [-0.1, -0.05) is 49.5 Å². The maximum atomic E-state index is 10.1. The average molecular weight is 446 g/mol. The predicted molar refractivity (Wildman–Crippen MR) is 106 cm³/mol. The number of fused-ring (bicyclic) bond motifs is 1. The van der Waals surface area contributed by atoms with E-state index in [2.05, 4.69) is 69.6 Å². The molecule has 2 aromatic rings. The lowest BCUT2D eigenvalue weighted by atomic mass is 10.2. The normalized spacial score (nSPS) is 10.7. The summed E-state index contributed by atoms with van der Waals surface area (Å²) in [7, 11) is 2.10. The summed E-state index contributed by atoms with van der Waals surface area (Å²) in [5.41, 5.74) is 1.60. The van der Waals surface area contributed by atoms with Gasteiger partial charge in [-0.2, -0.15) is 0 Å². The summed E-state index contributed by atoms with van der Waals surface area (Å²) in [6.45, 7) is 8.29. The zero-order chi connectivity index (χ0) is 17.4. The van der Waals surface area contributed by atoms with Crippen LogP contribution >= 0.6 is 31.9 Å². The van der Waals surface area contributed by atoms with Crippen LogP contribution in [0.25, 0.3) is 10.9 Å². The monoisotopic (exact) mass is 444 g/mol. The number of nitrogens with zero attached hydrogens (tertiary/aromatic N) is 2. The quantitative estimate of drug-likeness (QED) is 0.602. The van der Waals surface area contributed by atoms with E-state index in [0.29, 0.717) is 9.99 Å². The van der Waals surface area contributed by atoms with Crippen molar-refractivity contribution in [1.29, 1.82) is 0 Å². The third kappa shape index (κ3) is 6.05. The fourth-order valence-electron chi connectivity index (χ4n) is 2.11. The number of phenolic OH excluding ortho intramolecular Hbond substituents is 1. The molecule has 0 saturated heterocycles. The molecule has 23 heavy (non-hydrogen) atoms. The highest BCUT2D eigenvalue weighted by Crippen LogP contribution is 2.36. The molecule has 0 fully saturated rings. The van der Waals surface area contributed by atoms with Gasteiger partial charge in [-0.15, -0.1) is 0 Å². The number of benzene rings is 1. The van der Waals surface area contributed by atoms with Gasteiger partial charge < -0.3 is 10.0 Å². The smallest absolute Gasteiger partial charge is 0.156 e. The number of halogens is 2. The van der Waals surface area contributed by atoms with E-state index < -0.39 is 0 Å². The molecular formula is C18H26Br2N2O. The average Bonchev–Trinajstić information content (AvgIpc) is 2.51. The molecule has 0 spiro atoms. The van der Waals surface area contributed by atoms with E-state index in [4.69, 9.17) is 0 Å². The van der Waals surface area contributed by atoms with Crippen LogP contribution in [0.4, 0.5) is 0 Å². The molecule has 5 heteroatoms. The van der Waals surface area contributed by atoms with Gasteiger partial charge in [-0.25, -0.2) is 4.98 Å². The van der Waals surface area contributed by atoms with Crippen LogP contribution in [0, 0.1) is 0 Å². The van der Waals surface area contributed by atoms with Gasteiger partial charge in [0.2, 0.25) is 0 Å². The maximum Gasteiger partial charge on any atom is 0.156 e. The van der Waals surface area contributed by atoms with Gasteiger partial charge in [0.25, 0.3) is 0 Å². The van der Waals surface area contributed by atoms with Crippen LogP contribution < -0.4 is 0 Å². The van der Waals surface area contributed by atoms with Crippen LogP contribution in [-0.2, 0) is 6.54 Å². The summed E-state index contributed by atoms with van der Waals surface area (Å²) in [5, 5.41) is 11.1. The highest BCUT2D eigenvalue weighted by molar-refractivity contribution is 9.11. The Kier molecular flexibility index (Phi) is 9.10. The van der Waals surface area contributed by atoms with Crippen molar-refractivity contribution in [3.05, 3.63) is 32.8 Å². The van der Waals surface area contributed by atoms with Gasteiger partial charge in [-0.3, -0.25) is 0 Å². The number of hydrogen-bond donors (Lipinski definition) is 1. The summed E-state index contributed by atoms with van der Waals surface area (Å²) in [6.07, 6.45) is 3.63. The Morgan fingerprint density at radius 1 is 1.13 bits per heavy atom. The number of aromatic nitrogens is 1. The molecule has 0 amide bonds. The Bertz CT molecular complexity index is 632. The van der Waals surface area contributed by atoms with Crippen molar-refractivity contribution in [3.63, 3.8) is 0 Å². The van der Waals surface area contributed by atoms with E-state index in [-0.39, 0.29) is 5.75 Å². The van der Waals surface area contributed by atoms with Crippen molar-refractivity contribution < 1.29 is 5.11 Å². The third-order valence-corrected chi connectivity index (χ3v) is 4.50. The first-order chi connectivity index (χ1) is 10.9. The van der Waals surface area contributed by atoms with E-state index in [1.165, 1.54) is 19.3 Å². The van der Waals surface area contributed by atoms with Crippen molar-refractivity contribution >= 4 is 42.8 Å². The van der Waals surface area contributed by atoms with E-state index in [1.54, 1.807) is 0 Å². The van der Waals surface area contributed by atoms with Gasteiger partial charge in [0.15, 0.2) is 5.75 Å². The number of unbranched alkanes of at least 4 members (excludes halogenated alkanes) is 1. The van der Waals surface area contributed by atoms with Gasteiger partial charge in [-0.05, 0) is 54.1 Å². The lowest BCUT2D eigenvalue weighted by molar-refractivity contribution is 0.317. The van der Waals surface area contributed by atoms with Crippen molar-refractivity contribution in [3.8, 4) is 5.75 Å². The van der Waals surface area contributed by atoms with Crippen molar-refractivity contribution in [2.24, 2.45) is 0 Å². The zero-order valence-electron chi connectivity index (χ0n) is 14.4. The van der Waals surface area contributed by atoms with Gasteiger partial charge in [0.1, 0.15) is 5.52 Å². The summed E-state index contributed by atoms with van der Waals surface area (Å²) in [5.74, 6) is 0.196. The summed E-state index contributed by atoms with van der Waals surface area (Å²) in [4.78, 5) is 6.84. The molecule has 0 aliphatic heterocycles. The molecule has 0 bridgehead atoms. The molecule has 0 aliphatic rings. The second-order valence-corrected chi connectivity index (χ2v) is 7.39. The van der Waals surface area contributed by atoms with Crippen LogP contribution in [0.15, 0.2) is 27.1 Å². The first-order valence-corrected chi connectivity index (χ1v) is 9.68. The highest BCUT2D eigenvalue weighted by Gasteiger charge is 2.11. The Hall–Kier alpha value is -0.650. The fraction of sp³-hybridized carbons (Fsp3) is 0.500. The molecular weight excluding hydrogens is 420 g/mol. The predicted octanol–water partition coefficient (Wildman–Crippen LogP) is 6.11. The summed E-state index contributed by atoms with van der Waals surface area (Å²) in [6, 6.07) is 5.86. The zero-order valence-corrected chi connectivity index (χ0v) is 17.5. The minimum atomic E-state index is 0.196. The molecule has 128 valence electrons. The number of hydrogen-bond acceptors (Lipinski definition) is 3. The largest absolute Gasteiger partial charge is 0.505 e. The van der Waals surface area contributed by atoms with Gasteiger partial charge in [0, 0.05) is 16.4 Å². The van der Waals surface area contributed by atoms with Crippen molar-refractivity contribution in [2.45, 2.75) is 46.6 Å². The lowest BCUT2D eigenvalue weighted by Gasteiger charge is -2.16. The van der Waals surface area contributed by atoms with Gasteiger partial charge >= 0.3 is 0 Å². The van der Waals surface area contributed by atoms with Crippen molar-refractivity contribution in [2.75, 3.05) is 13.6 Å². The number of pyridine rings is 1. The second kappa shape index (κ2) is 10.3. The molecule has 0 atom stereocenters. The molecule has 1 aromatic heterocycles. The van der Waals surface area contributed by atoms with Crippen LogP contribution in [0.2, 0.25) is 0 Å². The van der Waals surface area contributed by atoms with E-state index in [1.807, 2.05) is 18.2 Å². The number of phenols is 1. The summed E-state index contributed by atoms with van der Waals surface area (Å²) < 4.78 is 1.58. The van der Waals surface area contributed by atoms with Crippen LogP contribution in [0.1, 0.15) is 45.7 Å². The molecule has 1 aromatic carbocycles. The summed E-state index contributed by atoms with van der Waals surface area (Å²) >= 11 is 6.85. The molecule has 1 N–H and O–H groups in total. The third-order valence-electron chi connectivity index (χ3n) is 3.24. The van der Waals surface area contributed by atoms with E-state index >= 15 is 0 Å². The van der Waals surface area contributed by atoms with Gasteiger partial charge in [0.05, 0.1) is 10.2 Å². The Morgan fingerprint density at radius 3 is 2.39 bits per heavy atom. The molecule has 1 heterocycles. The SMILES string of the molecule is CCC.CCCCN(C)Cc1ccc2c(Br)cc(Br)c(O)c2n1. The van der Waals surface area contributed by atoms with Crippen LogP contribution in [0.5, 0.6) is 5.75 Å². The minimum Gasteiger partial charge on any atom is -0.505 e.